The van der Waals surface area contributed by atoms with Crippen LogP contribution in [0.15, 0.2) is 42.6 Å². The smallest absolute Gasteiger partial charge is 0.408 e. The number of alkyl carbamates (subject to hydrolysis) is 1. The third-order valence-corrected chi connectivity index (χ3v) is 3.66. The molecule has 0 radical (unpaired) electrons. The van der Waals surface area contributed by atoms with Crippen LogP contribution in [0.4, 0.5) is 4.79 Å². The summed E-state index contributed by atoms with van der Waals surface area (Å²) in [7, 11) is 1.81. The fourth-order valence-corrected chi connectivity index (χ4v) is 2.38. The number of carbonyl (C=O) groups is 2. The topological polar surface area (TPSA) is 85.3 Å². The van der Waals surface area contributed by atoms with Crippen LogP contribution in [0.1, 0.15) is 32.0 Å². The predicted octanol–water partition coefficient (Wildman–Crippen LogP) is 2.17. The van der Waals surface area contributed by atoms with Crippen LogP contribution < -0.4 is 10.6 Å². The molecule has 2 rings (SSSR count). The van der Waals surface area contributed by atoms with Crippen LogP contribution in [0.25, 0.3) is 0 Å². The lowest BCUT2D eigenvalue weighted by Crippen LogP contribution is -2.49. The standard InChI is InChI=1S/C19H26N4O3/c1-19(2,3)26-18(25)22-16(12-14-8-6-5-7-9-14)17(24)20-13-15-10-11-21-23(15)4/h5-11,16H,12-13H2,1-4H3,(H,20,24)(H,22,25). The SMILES string of the molecule is Cn1nccc1CNC(=O)C(Cc1ccccc1)NC(=O)OC(C)(C)C. The van der Waals surface area contributed by atoms with Gasteiger partial charge in [0, 0.05) is 19.7 Å². The first-order valence-electron chi connectivity index (χ1n) is 8.52. The van der Waals surface area contributed by atoms with E-state index in [1.54, 1.807) is 31.6 Å². The molecule has 0 saturated heterocycles. The van der Waals surface area contributed by atoms with Crippen LogP contribution in [0.3, 0.4) is 0 Å². The third-order valence-electron chi connectivity index (χ3n) is 3.66. The van der Waals surface area contributed by atoms with Crippen molar-refractivity contribution < 1.29 is 14.3 Å². The number of aromatic nitrogens is 2. The second-order valence-electron chi connectivity index (χ2n) is 7.05. The first-order valence-corrected chi connectivity index (χ1v) is 8.52. The number of carbonyl (C=O) groups excluding carboxylic acids is 2. The van der Waals surface area contributed by atoms with Gasteiger partial charge in [0.2, 0.25) is 5.91 Å². The van der Waals surface area contributed by atoms with Crippen molar-refractivity contribution in [1.29, 1.82) is 0 Å². The Balaban J connectivity index is 2.04. The Bertz CT molecular complexity index is 735. The van der Waals surface area contributed by atoms with Gasteiger partial charge in [-0.2, -0.15) is 5.10 Å². The zero-order valence-electron chi connectivity index (χ0n) is 15.7. The second kappa shape index (κ2) is 8.51. The number of benzene rings is 1. The largest absolute Gasteiger partial charge is 0.444 e. The molecule has 0 bridgehead atoms. The predicted molar refractivity (Wildman–Crippen MR) is 98.4 cm³/mol. The van der Waals surface area contributed by atoms with Crippen LogP contribution in [-0.4, -0.2) is 33.4 Å². The molecule has 2 N–H and O–H groups in total. The zero-order valence-corrected chi connectivity index (χ0v) is 15.7. The monoisotopic (exact) mass is 358 g/mol. The van der Waals surface area contributed by atoms with Gasteiger partial charge in [-0.15, -0.1) is 0 Å². The average molecular weight is 358 g/mol. The molecule has 0 aliphatic rings. The summed E-state index contributed by atoms with van der Waals surface area (Å²) in [6.07, 6.45) is 1.42. The van der Waals surface area contributed by atoms with E-state index in [2.05, 4.69) is 15.7 Å². The Hall–Kier alpha value is -2.83. The summed E-state index contributed by atoms with van der Waals surface area (Å²) in [5.74, 6) is -0.277. The highest BCUT2D eigenvalue weighted by Gasteiger charge is 2.24. The van der Waals surface area contributed by atoms with Gasteiger partial charge < -0.3 is 15.4 Å². The van der Waals surface area contributed by atoms with Crippen molar-refractivity contribution in [1.82, 2.24) is 20.4 Å². The van der Waals surface area contributed by atoms with Gasteiger partial charge in [-0.05, 0) is 32.4 Å². The van der Waals surface area contributed by atoms with E-state index in [0.717, 1.165) is 11.3 Å². The molecule has 0 aliphatic heterocycles. The van der Waals surface area contributed by atoms with E-state index in [-0.39, 0.29) is 5.91 Å². The summed E-state index contributed by atoms with van der Waals surface area (Å²) >= 11 is 0. The van der Waals surface area contributed by atoms with Crippen molar-refractivity contribution in [3.63, 3.8) is 0 Å². The van der Waals surface area contributed by atoms with Crippen LogP contribution in [0.5, 0.6) is 0 Å². The fourth-order valence-electron chi connectivity index (χ4n) is 2.38. The van der Waals surface area contributed by atoms with Crippen molar-refractivity contribution in [2.75, 3.05) is 0 Å². The first-order chi connectivity index (χ1) is 12.2. The molecule has 1 aromatic carbocycles. The molecule has 2 aromatic rings. The maximum Gasteiger partial charge on any atom is 0.408 e. The number of nitrogens with one attached hydrogen (secondary N) is 2. The molecule has 140 valence electrons. The quantitative estimate of drug-likeness (QED) is 0.829. The third kappa shape index (κ3) is 6.23. The minimum absolute atomic E-state index is 0.277. The molecule has 1 atom stereocenters. The van der Waals surface area contributed by atoms with E-state index in [9.17, 15) is 9.59 Å². The lowest BCUT2D eigenvalue weighted by molar-refractivity contribution is -0.123. The highest BCUT2D eigenvalue weighted by Crippen LogP contribution is 2.09. The minimum atomic E-state index is -0.736. The van der Waals surface area contributed by atoms with Gasteiger partial charge in [0.05, 0.1) is 12.2 Å². The molecule has 7 nitrogen and oxygen atoms in total. The van der Waals surface area contributed by atoms with Crippen molar-refractivity contribution in [3.05, 3.63) is 53.9 Å². The summed E-state index contributed by atoms with van der Waals surface area (Å²) in [4.78, 5) is 24.8. The maximum atomic E-state index is 12.6. The number of hydrogen-bond donors (Lipinski definition) is 2. The van der Waals surface area contributed by atoms with Crippen LogP contribution in [0, 0.1) is 0 Å². The molecule has 0 fully saturated rings. The number of rotatable bonds is 6. The summed E-state index contributed by atoms with van der Waals surface area (Å²) < 4.78 is 6.97. The number of ether oxygens (including phenoxy) is 1. The van der Waals surface area contributed by atoms with E-state index in [1.807, 2.05) is 43.4 Å². The van der Waals surface area contributed by atoms with Crippen molar-refractivity contribution in [2.24, 2.45) is 7.05 Å². The zero-order chi connectivity index (χ0) is 19.2. The van der Waals surface area contributed by atoms with E-state index in [1.165, 1.54) is 0 Å². The number of nitrogens with zero attached hydrogens (tertiary/aromatic N) is 2. The number of aryl methyl sites for hydroxylation is 1. The summed E-state index contributed by atoms with van der Waals surface area (Å²) in [5, 5.41) is 9.59. The molecular weight excluding hydrogens is 332 g/mol. The van der Waals surface area contributed by atoms with E-state index in [4.69, 9.17) is 4.74 Å². The Kier molecular flexibility index (Phi) is 6.38. The van der Waals surface area contributed by atoms with E-state index < -0.39 is 17.7 Å². The molecular formula is C19H26N4O3. The Morgan fingerprint density at radius 3 is 2.46 bits per heavy atom. The molecule has 26 heavy (non-hydrogen) atoms. The first kappa shape index (κ1) is 19.5. The normalized spacial score (nSPS) is 12.3. The molecule has 0 aliphatic carbocycles. The van der Waals surface area contributed by atoms with Crippen LogP contribution >= 0.6 is 0 Å². The lowest BCUT2D eigenvalue weighted by atomic mass is 10.1. The molecule has 0 spiro atoms. The van der Waals surface area contributed by atoms with Gasteiger partial charge in [-0.3, -0.25) is 9.48 Å². The summed E-state index contributed by atoms with van der Waals surface area (Å²) in [5.41, 5.74) is 1.19. The van der Waals surface area contributed by atoms with E-state index >= 15 is 0 Å². The van der Waals surface area contributed by atoms with Gasteiger partial charge in [-0.25, -0.2) is 4.79 Å². The van der Waals surface area contributed by atoms with Crippen LogP contribution in [-0.2, 0) is 29.5 Å². The molecule has 2 amide bonds. The number of amides is 2. The molecule has 0 saturated carbocycles. The van der Waals surface area contributed by atoms with Gasteiger partial charge in [0.15, 0.2) is 0 Å². The molecule has 1 unspecified atom stereocenters. The van der Waals surface area contributed by atoms with Crippen molar-refractivity contribution in [2.45, 2.75) is 45.4 Å². The summed E-state index contributed by atoms with van der Waals surface area (Å²) in [6.45, 7) is 5.67. The van der Waals surface area contributed by atoms with Gasteiger partial charge in [0.25, 0.3) is 0 Å². The maximum absolute atomic E-state index is 12.6. The van der Waals surface area contributed by atoms with Crippen molar-refractivity contribution >= 4 is 12.0 Å². The molecule has 1 aromatic heterocycles. The minimum Gasteiger partial charge on any atom is -0.444 e. The molecule has 1 heterocycles. The van der Waals surface area contributed by atoms with E-state index in [0.29, 0.717) is 13.0 Å². The van der Waals surface area contributed by atoms with Gasteiger partial charge in [-0.1, -0.05) is 30.3 Å². The second-order valence-corrected chi connectivity index (χ2v) is 7.05. The summed E-state index contributed by atoms with van der Waals surface area (Å²) in [6, 6.07) is 10.6. The van der Waals surface area contributed by atoms with Crippen LogP contribution in [0.2, 0.25) is 0 Å². The fraction of sp³-hybridized carbons (Fsp3) is 0.421. The lowest BCUT2D eigenvalue weighted by Gasteiger charge is -2.23. The highest BCUT2D eigenvalue weighted by molar-refractivity contribution is 5.85. The average Bonchev–Trinajstić information content (AvgIpc) is 2.96. The Labute approximate surface area is 153 Å². The highest BCUT2D eigenvalue weighted by atomic mass is 16.6. The van der Waals surface area contributed by atoms with Gasteiger partial charge in [0.1, 0.15) is 11.6 Å². The Morgan fingerprint density at radius 1 is 1.19 bits per heavy atom. The Morgan fingerprint density at radius 2 is 1.88 bits per heavy atom. The van der Waals surface area contributed by atoms with Crippen molar-refractivity contribution in [3.8, 4) is 0 Å². The molecule has 7 heteroatoms. The number of hydrogen-bond acceptors (Lipinski definition) is 4. The van der Waals surface area contributed by atoms with Gasteiger partial charge >= 0.3 is 6.09 Å².